The Morgan fingerprint density at radius 2 is 1.95 bits per heavy atom. The van der Waals surface area contributed by atoms with Gasteiger partial charge in [0, 0.05) is 20.6 Å². The molecular formula is C12H20N2O6S. The van der Waals surface area contributed by atoms with E-state index in [2.05, 4.69) is 10.1 Å². The normalized spacial score (nSPS) is 12.3. The van der Waals surface area contributed by atoms with E-state index in [9.17, 15) is 18.0 Å². The number of esters is 1. The Morgan fingerprint density at radius 3 is 2.43 bits per heavy atom. The third kappa shape index (κ3) is 9.63. The molecule has 0 fully saturated rings. The van der Waals surface area contributed by atoms with Gasteiger partial charge in [0.05, 0.1) is 12.9 Å². The maximum absolute atomic E-state index is 11.8. The van der Waals surface area contributed by atoms with Crippen LogP contribution in [0.25, 0.3) is 0 Å². The van der Waals surface area contributed by atoms with Crippen LogP contribution in [0.5, 0.6) is 0 Å². The smallest absolute Gasteiger partial charge is 0.343 e. The van der Waals surface area contributed by atoms with Crippen molar-refractivity contribution in [2.45, 2.75) is 6.42 Å². The van der Waals surface area contributed by atoms with Crippen LogP contribution in [0.2, 0.25) is 0 Å². The first-order chi connectivity index (χ1) is 9.67. The molecule has 0 aliphatic carbocycles. The summed E-state index contributed by atoms with van der Waals surface area (Å²) >= 11 is 0. The van der Waals surface area contributed by atoms with Crippen molar-refractivity contribution in [3.05, 3.63) is 23.9 Å². The maximum atomic E-state index is 11.8. The van der Waals surface area contributed by atoms with Crippen LogP contribution >= 0.6 is 0 Å². The SMILES string of the molecule is COC(=O)C(=CC=CN(C)C)C(=O)NCCCS(=O)(=O)O. The summed E-state index contributed by atoms with van der Waals surface area (Å²) in [6, 6.07) is 0. The lowest BCUT2D eigenvalue weighted by Gasteiger charge is -2.07. The van der Waals surface area contributed by atoms with Crippen molar-refractivity contribution in [3.63, 3.8) is 0 Å². The molecule has 0 heterocycles. The van der Waals surface area contributed by atoms with Crippen LogP contribution in [-0.2, 0) is 24.4 Å². The van der Waals surface area contributed by atoms with Crippen LogP contribution in [-0.4, -0.2) is 63.2 Å². The zero-order chi connectivity index (χ0) is 16.5. The van der Waals surface area contributed by atoms with Gasteiger partial charge < -0.3 is 15.0 Å². The van der Waals surface area contributed by atoms with E-state index in [4.69, 9.17) is 4.55 Å². The Hall–Kier alpha value is -1.87. The standard InChI is InChI=1S/C12H20N2O6S/c1-14(2)8-4-6-10(12(16)20-3)11(15)13-7-5-9-21(17,18)19/h4,6,8H,5,7,9H2,1-3H3,(H,13,15)(H,17,18,19). The van der Waals surface area contributed by atoms with E-state index < -0.39 is 27.7 Å². The second-order valence-corrected chi connectivity index (χ2v) is 5.84. The third-order valence-corrected chi connectivity index (χ3v) is 2.97. The molecule has 120 valence electrons. The quantitative estimate of drug-likeness (QED) is 0.118. The molecule has 0 unspecified atom stereocenters. The fourth-order valence-corrected chi connectivity index (χ4v) is 1.72. The van der Waals surface area contributed by atoms with Crippen molar-refractivity contribution in [2.75, 3.05) is 33.5 Å². The van der Waals surface area contributed by atoms with E-state index in [0.29, 0.717) is 0 Å². The van der Waals surface area contributed by atoms with Crippen LogP contribution in [0.15, 0.2) is 23.9 Å². The minimum absolute atomic E-state index is 0.00432. The number of amides is 1. The summed E-state index contributed by atoms with van der Waals surface area (Å²) in [5.41, 5.74) is -0.206. The minimum Gasteiger partial charge on any atom is -0.465 e. The first-order valence-electron chi connectivity index (χ1n) is 6.04. The van der Waals surface area contributed by atoms with Crippen LogP contribution < -0.4 is 5.32 Å². The third-order valence-electron chi connectivity index (χ3n) is 2.16. The summed E-state index contributed by atoms with van der Waals surface area (Å²) in [5, 5.41) is 2.38. The Balaban J connectivity index is 4.64. The molecule has 0 aliphatic heterocycles. The number of rotatable bonds is 8. The Kier molecular flexibility index (Phi) is 8.32. The number of nitrogens with one attached hydrogen (secondary N) is 1. The van der Waals surface area contributed by atoms with E-state index in [0.717, 1.165) is 7.11 Å². The summed E-state index contributed by atoms with van der Waals surface area (Å²) < 4.78 is 34.1. The van der Waals surface area contributed by atoms with Gasteiger partial charge in [-0.25, -0.2) is 4.79 Å². The van der Waals surface area contributed by atoms with Gasteiger partial charge in [0.1, 0.15) is 5.57 Å². The van der Waals surface area contributed by atoms with E-state index in [1.807, 2.05) is 0 Å². The molecule has 21 heavy (non-hydrogen) atoms. The summed E-state index contributed by atoms with van der Waals surface area (Å²) in [4.78, 5) is 25.0. The number of nitrogens with zero attached hydrogens (tertiary/aromatic N) is 1. The van der Waals surface area contributed by atoms with Crippen LogP contribution in [0.4, 0.5) is 0 Å². The Bertz CT molecular complexity index is 522. The molecule has 0 atom stereocenters. The van der Waals surface area contributed by atoms with E-state index in [-0.39, 0.29) is 18.5 Å². The lowest BCUT2D eigenvalue weighted by atomic mass is 10.2. The molecule has 2 N–H and O–H groups in total. The number of allylic oxidation sites excluding steroid dienone is 2. The van der Waals surface area contributed by atoms with E-state index in [1.54, 1.807) is 25.2 Å². The van der Waals surface area contributed by atoms with Crippen molar-refractivity contribution in [3.8, 4) is 0 Å². The van der Waals surface area contributed by atoms with Gasteiger partial charge in [-0.15, -0.1) is 0 Å². The number of methoxy groups -OCH3 is 1. The molecule has 0 aromatic carbocycles. The topological polar surface area (TPSA) is 113 Å². The summed E-state index contributed by atoms with van der Waals surface area (Å²) in [6.45, 7) is 0.00432. The molecule has 0 aromatic rings. The predicted molar refractivity (Wildman–Crippen MR) is 77.0 cm³/mol. The molecule has 0 radical (unpaired) electrons. The highest BCUT2D eigenvalue weighted by Gasteiger charge is 2.17. The van der Waals surface area contributed by atoms with Gasteiger partial charge in [0.25, 0.3) is 16.0 Å². The number of carbonyl (C=O) groups is 2. The average molecular weight is 320 g/mol. The van der Waals surface area contributed by atoms with Crippen LogP contribution in [0, 0.1) is 0 Å². The monoisotopic (exact) mass is 320 g/mol. The molecule has 0 aliphatic rings. The first-order valence-corrected chi connectivity index (χ1v) is 7.65. The van der Waals surface area contributed by atoms with Gasteiger partial charge in [-0.2, -0.15) is 8.42 Å². The predicted octanol–water partition coefficient (Wildman–Crippen LogP) is -0.445. The van der Waals surface area contributed by atoms with E-state index >= 15 is 0 Å². The van der Waals surface area contributed by atoms with Crippen molar-refractivity contribution < 1.29 is 27.3 Å². The number of hydrogen-bond acceptors (Lipinski definition) is 6. The summed E-state index contributed by atoms with van der Waals surface area (Å²) in [6.07, 6.45) is 4.47. The molecule has 0 saturated carbocycles. The Morgan fingerprint density at radius 1 is 1.33 bits per heavy atom. The molecule has 0 rings (SSSR count). The lowest BCUT2D eigenvalue weighted by molar-refractivity contribution is -0.138. The fraction of sp³-hybridized carbons (Fsp3) is 0.500. The van der Waals surface area contributed by atoms with Gasteiger partial charge in [-0.1, -0.05) is 0 Å². The molecule has 0 bridgehead atoms. The summed E-state index contributed by atoms with van der Waals surface area (Å²) in [5.74, 6) is -1.95. The lowest BCUT2D eigenvalue weighted by Crippen LogP contribution is -2.30. The maximum Gasteiger partial charge on any atom is 0.343 e. The van der Waals surface area contributed by atoms with Gasteiger partial charge in [0.2, 0.25) is 0 Å². The highest BCUT2D eigenvalue weighted by atomic mass is 32.2. The summed E-state index contributed by atoms with van der Waals surface area (Å²) in [7, 11) is 0.640. The minimum atomic E-state index is -4.06. The van der Waals surface area contributed by atoms with Crippen LogP contribution in [0.1, 0.15) is 6.42 Å². The van der Waals surface area contributed by atoms with Gasteiger partial charge in [0.15, 0.2) is 0 Å². The Labute approximate surface area is 124 Å². The fourth-order valence-electron chi connectivity index (χ4n) is 1.21. The second kappa shape index (κ2) is 9.14. The number of carbonyl (C=O) groups excluding carboxylic acids is 2. The average Bonchev–Trinajstić information content (AvgIpc) is 2.37. The van der Waals surface area contributed by atoms with Crippen molar-refractivity contribution in [1.29, 1.82) is 0 Å². The number of hydrogen-bond donors (Lipinski definition) is 2. The zero-order valence-corrected chi connectivity index (χ0v) is 13.0. The molecular weight excluding hydrogens is 300 g/mol. The van der Waals surface area contributed by atoms with E-state index in [1.165, 1.54) is 12.2 Å². The highest BCUT2D eigenvalue weighted by Crippen LogP contribution is 2.00. The van der Waals surface area contributed by atoms with Crippen molar-refractivity contribution in [2.24, 2.45) is 0 Å². The van der Waals surface area contributed by atoms with Gasteiger partial charge >= 0.3 is 5.97 Å². The molecule has 9 heteroatoms. The van der Waals surface area contributed by atoms with Gasteiger partial charge in [-0.3, -0.25) is 9.35 Å². The van der Waals surface area contributed by atoms with Crippen molar-refractivity contribution >= 4 is 22.0 Å². The highest BCUT2D eigenvalue weighted by molar-refractivity contribution is 7.85. The number of ether oxygens (including phenoxy) is 1. The molecule has 1 amide bonds. The molecule has 8 nitrogen and oxygen atoms in total. The van der Waals surface area contributed by atoms with Gasteiger partial charge in [-0.05, 0) is 24.8 Å². The second-order valence-electron chi connectivity index (χ2n) is 4.27. The zero-order valence-electron chi connectivity index (χ0n) is 12.2. The van der Waals surface area contributed by atoms with Crippen LogP contribution in [0.3, 0.4) is 0 Å². The largest absolute Gasteiger partial charge is 0.465 e. The molecule has 0 saturated heterocycles. The van der Waals surface area contributed by atoms with Crippen molar-refractivity contribution in [1.82, 2.24) is 10.2 Å². The molecule has 0 aromatic heterocycles. The first kappa shape index (κ1) is 19.1. The molecule has 0 spiro atoms.